The number of ether oxygens (including phenoxy) is 1. The summed E-state index contributed by atoms with van der Waals surface area (Å²) in [6, 6.07) is 17.7. The Morgan fingerprint density at radius 3 is 2.53 bits per heavy atom. The second-order valence-electron chi connectivity index (χ2n) is 6.85. The molecule has 7 heteroatoms. The van der Waals surface area contributed by atoms with Crippen molar-refractivity contribution < 1.29 is 9.53 Å². The van der Waals surface area contributed by atoms with Crippen LogP contribution in [0.2, 0.25) is 0 Å². The van der Waals surface area contributed by atoms with Crippen LogP contribution in [0.15, 0.2) is 71.8 Å². The summed E-state index contributed by atoms with van der Waals surface area (Å²) in [7, 11) is 0. The van der Waals surface area contributed by atoms with E-state index in [-0.39, 0.29) is 11.5 Å². The maximum absolute atomic E-state index is 12.8. The Balaban J connectivity index is 1.47. The van der Waals surface area contributed by atoms with Crippen molar-refractivity contribution in [3.05, 3.63) is 82.2 Å². The molecule has 0 unspecified atom stereocenters. The van der Waals surface area contributed by atoms with Crippen molar-refractivity contribution >= 4 is 33.1 Å². The number of carbonyl (C=O) groups excluding carboxylic acids is 1. The third-order valence-electron chi connectivity index (χ3n) is 4.77. The molecule has 0 spiro atoms. The lowest BCUT2D eigenvalue weighted by molar-refractivity contribution is -0.118. The highest BCUT2D eigenvalue weighted by molar-refractivity contribution is 7.18. The smallest absolute Gasteiger partial charge is 0.262 e. The fourth-order valence-corrected chi connectivity index (χ4v) is 3.97. The number of para-hydroxylation sites is 1. The van der Waals surface area contributed by atoms with E-state index in [0.717, 1.165) is 17.0 Å². The Morgan fingerprint density at radius 1 is 1.13 bits per heavy atom. The predicted octanol–water partition coefficient (Wildman–Crippen LogP) is 5.01. The summed E-state index contributed by atoms with van der Waals surface area (Å²) in [5.74, 6) is 1.12. The number of nitrogens with zero attached hydrogens (tertiary/aromatic N) is 2. The Labute approximate surface area is 177 Å². The Morgan fingerprint density at radius 2 is 1.83 bits per heavy atom. The van der Waals surface area contributed by atoms with E-state index in [1.807, 2.05) is 43.3 Å². The van der Waals surface area contributed by atoms with Gasteiger partial charge in [-0.2, -0.15) is 0 Å². The third kappa shape index (κ3) is 4.11. The Kier molecular flexibility index (Phi) is 5.63. The monoisotopic (exact) mass is 419 g/mol. The van der Waals surface area contributed by atoms with E-state index >= 15 is 0 Å². The number of aromatic nitrogens is 2. The summed E-state index contributed by atoms with van der Waals surface area (Å²) in [6.07, 6.45) is 2.29. The summed E-state index contributed by atoms with van der Waals surface area (Å²) in [6.45, 7) is 3.72. The van der Waals surface area contributed by atoms with Gasteiger partial charge in [-0.1, -0.05) is 25.1 Å². The van der Waals surface area contributed by atoms with E-state index in [0.29, 0.717) is 21.7 Å². The highest BCUT2D eigenvalue weighted by Gasteiger charge is 2.19. The van der Waals surface area contributed by atoms with Crippen molar-refractivity contribution in [3.63, 3.8) is 0 Å². The first-order valence-corrected chi connectivity index (χ1v) is 10.5. The highest BCUT2D eigenvalue weighted by Crippen LogP contribution is 2.24. The highest BCUT2D eigenvalue weighted by atomic mass is 32.1. The first kappa shape index (κ1) is 19.8. The molecule has 4 aromatic rings. The normalized spacial score (nSPS) is 11.9. The molecule has 0 fully saturated rings. The van der Waals surface area contributed by atoms with Crippen LogP contribution < -0.4 is 15.6 Å². The molecule has 2 aromatic carbocycles. The number of anilines is 1. The van der Waals surface area contributed by atoms with E-state index in [4.69, 9.17) is 4.74 Å². The van der Waals surface area contributed by atoms with E-state index in [2.05, 4.69) is 10.3 Å². The van der Waals surface area contributed by atoms with Crippen LogP contribution in [-0.4, -0.2) is 15.5 Å². The molecule has 152 valence electrons. The Bertz CT molecular complexity index is 1230. The van der Waals surface area contributed by atoms with Gasteiger partial charge in [0.2, 0.25) is 5.91 Å². The molecule has 0 aliphatic rings. The molecule has 0 radical (unpaired) electrons. The van der Waals surface area contributed by atoms with Crippen molar-refractivity contribution in [1.82, 2.24) is 9.55 Å². The van der Waals surface area contributed by atoms with E-state index < -0.39 is 6.04 Å². The van der Waals surface area contributed by atoms with Crippen LogP contribution in [0.4, 0.5) is 5.69 Å². The van der Waals surface area contributed by atoms with Gasteiger partial charge in [0, 0.05) is 10.6 Å². The number of benzene rings is 2. The van der Waals surface area contributed by atoms with E-state index in [1.54, 1.807) is 31.2 Å². The minimum Gasteiger partial charge on any atom is -0.457 e. The summed E-state index contributed by atoms with van der Waals surface area (Å²) >= 11 is 1.51. The number of carbonyl (C=O) groups is 1. The number of hydrogen-bond acceptors (Lipinski definition) is 5. The van der Waals surface area contributed by atoms with Crippen molar-refractivity contribution in [2.24, 2.45) is 0 Å². The average molecular weight is 420 g/mol. The van der Waals surface area contributed by atoms with Gasteiger partial charge in [0.05, 0.1) is 11.7 Å². The number of rotatable bonds is 6. The topological polar surface area (TPSA) is 73.2 Å². The molecule has 0 bridgehead atoms. The van der Waals surface area contributed by atoms with Crippen LogP contribution in [0.5, 0.6) is 11.5 Å². The van der Waals surface area contributed by atoms with Crippen molar-refractivity contribution in [2.75, 3.05) is 5.32 Å². The third-order valence-corrected chi connectivity index (χ3v) is 5.96. The lowest BCUT2D eigenvalue weighted by Crippen LogP contribution is -2.31. The van der Waals surface area contributed by atoms with Crippen LogP contribution >= 0.6 is 11.3 Å². The van der Waals surface area contributed by atoms with Gasteiger partial charge >= 0.3 is 0 Å². The SMILES string of the molecule is CCc1cc2c(=O)n([C@@H](C)C(=O)Nc3ccc(Oc4ccccc4)cc3)cnc2s1. The maximum Gasteiger partial charge on any atom is 0.262 e. The molecular weight excluding hydrogens is 398 g/mol. The number of hydrogen-bond donors (Lipinski definition) is 1. The van der Waals surface area contributed by atoms with E-state index in [9.17, 15) is 9.59 Å². The number of aryl methyl sites for hydroxylation is 1. The quantitative estimate of drug-likeness (QED) is 0.477. The molecule has 1 N–H and O–H groups in total. The van der Waals surface area contributed by atoms with Gasteiger partial charge in [0.1, 0.15) is 22.4 Å². The van der Waals surface area contributed by atoms with Crippen LogP contribution in [0.25, 0.3) is 10.2 Å². The molecule has 4 rings (SSSR count). The van der Waals surface area contributed by atoms with Gasteiger partial charge in [-0.3, -0.25) is 14.2 Å². The number of amides is 1. The summed E-state index contributed by atoms with van der Waals surface area (Å²) < 4.78 is 7.13. The molecule has 30 heavy (non-hydrogen) atoms. The summed E-state index contributed by atoms with van der Waals surface area (Å²) in [5.41, 5.74) is 0.420. The minimum atomic E-state index is -0.695. The minimum absolute atomic E-state index is 0.204. The number of nitrogens with one attached hydrogen (secondary N) is 1. The second kappa shape index (κ2) is 8.51. The lowest BCUT2D eigenvalue weighted by atomic mass is 10.2. The van der Waals surface area contributed by atoms with Crippen LogP contribution in [0.3, 0.4) is 0 Å². The molecule has 0 saturated heterocycles. The lowest BCUT2D eigenvalue weighted by Gasteiger charge is -2.15. The van der Waals surface area contributed by atoms with Gasteiger partial charge in [-0.15, -0.1) is 11.3 Å². The zero-order valence-electron chi connectivity index (χ0n) is 16.7. The van der Waals surface area contributed by atoms with Gasteiger partial charge in [-0.25, -0.2) is 4.98 Å². The molecule has 6 nitrogen and oxygen atoms in total. The van der Waals surface area contributed by atoms with Gasteiger partial charge in [0.15, 0.2) is 0 Å². The van der Waals surface area contributed by atoms with Gasteiger partial charge in [0.25, 0.3) is 5.56 Å². The van der Waals surface area contributed by atoms with Gasteiger partial charge in [-0.05, 0) is 55.8 Å². The first-order chi connectivity index (χ1) is 14.5. The molecule has 0 aliphatic heterocycles. The largest absolute Gasteiger partial charge is 0.457 e. The van der Waals surface area contributed by atoms with Crippen molar-refractivity contribution in [1.29, 1.82) is 0 Å². The van der Waals surface area contributed by atoms with E-state index in [1.165, 1.54) is 22.2 Å². The maximum atomic E-state index is 12.8. The van der Waals surface area contributed by atoms with Crippen LogP contribution in [0.1, 0.15) is 24.8 Å². The number of thiophene rings is 1. The molecule has 1 amide bonds. The molecular formula is C23H21N3O3S. The molecule has 2 aromatic heterocycles. The second-order valence-corrected chi connectivity index (χ2v) is 7.96. The summed E-state index contributed by atoms with van der Waals surface area (Å²) in [4.78, 5) is 31.7. The molecule has 2 heterocycles. The average Bonchev–Trinajstić information content (AvgIpc) is 3.20. The standard InChI is InChI=1S/C23H21N3O3S/c1-3-19-13-20-22(30-19)24-14-26(23(20)28)15(2)21(27)25-16-9-11-18(12-10-16)29-17-7-5-4-6-8-17/h4-15H,3H2,1-2H3,(H,25,27)/t15-/m0/s1. The Hall–Kier alpha value is -3.45. The van der Waals surface area contributed by atoms with Crippen LogP contribution in [-0.2, 0) is 11.2 Å². The fourth-order valence-electron chi connectivity index (χ4n) is 3.04. The zero-order chi connectivity index (χ0) is 21.1. The predicted molar refractivity (Wildman–Crippen MR) is 120 cm³/mol. The van der Waals surface area contributed by atoms with Gasteiger partial charge < -0.3 is 10.1 Å². The van der Waals surface area contributed by atoms with Crippen LogP contribution in [0, 0.1) is 0 Å². The fraction of sp³-hybridized carbons (Fsp3) is 0.174. The van der Waals surface area contributed by atoms with Crippen molar-refractivity contribution in [2.45, 2.75) is 26.3 Å². The zero-order valence-corrected chi connectivity index (χ0v) is 17.5. The van der Waals surface area contributed by atoms with Crippen molar-refractivity contribution in [3.8, 4) is 11.5 Å². The molecule has 1 atom stereocenters. The summed E-state index contributed by atoms with van der Waals surface area (Å²) in [5, 5.41) is 3.40. The molecule has 0 aliphatic carbocycles. The first-order valence-electron chi connectivity index (χ1n) is 9.68. The molecule has 0 saturated carbocycles. The number of fused-ring (bicyclic) bond motifs is 1.